The molecule has 0 saturated carbocycles. The van der Waals surface area contributed by atoms with Crippen LogP contribution in [0.3, 0.4) is 0 Å². The van der Waals surface area contributed by atoms with Gasteiger partial charge in [0.1, 0.15) is 4.32 Å². The van der Waals surface area contributed by atoms with Crippen molar-refractivity contribution in [3.05, 3.63) is 0 Å². The zero-order valence-electron chi connectivity index (χ0n) is 4.51. The van der Waals surface area contributed by atoms with Crippen LogP contribution in [0.15, 0.2) is 0 Å². The second-order valence-electron chi connectivity index (χ2n) is 1.30. The van der Waals surface area contributed by atoms with Gasteiger partial charge in [-0.25, -0.2) is 0 Å². The van der Waals surface area contributed by atoms with Gasteiger partial charge in [-0.05, 0) is 6.92 Å². The Labute approximate surface area is 55.1 Å². The summed E-state index contributed by atoms with van der Waals surface area (Å²) in [6.45, 7) is 2.96. The van der Waals surface area contributed by atoms with Gasteiger partial charge in [0, 0.05) is 13.6 Å². The molecule has 0 aromatic carbocycles. The lowest BCUT2D eigenvalue weighted by Gasteiger charge is -2.11. The summed E-state index contributed by atoms with van der Waals surface area (Å²) in [7, 11) is 1.91. The first-order valence-corrected chi connectivity index (χ1v) is 2.98. The van der Waals surface area contributed by atoms with Gasteiger partial charge in [-0.3, -0.25) is 0 Å². The van der Waals surface area contributed by atoms with Gasteiger partial charge in [0.2, 0.25) is 0 Å². The average Bonchev–Trinajstić information content (AvgIpc) is 1.65. The van der Waals surface area contributed by atoms with E-state index >= 15 is 0 Å². The lowest BCUT2D eigenvalue weighted by Crippen LogP contribution is -2.19. The smallest absolute Gasteiger partial charge is 0.133 e. The van der Waals surface area contributed by atoms with Crippen molar-refractivity contribution in [2.75, 3.05) is 13.6 Å². The fourth-order valence-corrected chi connectivity index (χ4v) is 0.406. The number of thiocarbonyl (C=S) groups is 1. The lowest BCUT2D eigenvalue weighted by molar-refractivity contribution is 0.555. The Morgan fingerprint density at radius 3 is 2.29 bits per heavy atom. The molecule has 0 amide bonds. The predicted octanol–water partition coefficient (Wildman–Crippen LogP) is 1.15. The van der Waals surface area contributed by atoms with E-state index in [2.05, 4.69) is 12.6 Å². The first-order valence-electron chi connectivity index (χ1n) is 2.12. The molecule has 7 heavy (non-hydrogen) atoms. The maximum absolute atomic E-state index is 4.71. The number of thiol groups is 1. The standard InChI is InChI=1S/C4H9NS2/c1-3-5(2)4(6)7/h3H2,1-2H3,(H,6,7). The Kier molecular flexibility index (Phi) is 3.38. The molecule has 0 saturated heterocycles. The molecule has 0 rings (SSSR count). The summed E-state index contributed by atoms with van der Waals surface area (Å²) < 4.78 is 0.655. The Bertz CT molecular complexity index is 72.1. The highest BCUT2D eigenvalue weighted by Crippen LogP contribution is 1.89. The Balaban J connectivity index is 3.34. The molecule has 0 spiro atoms. The SMILES string of the molecule is CCN(C)C(=S)S. The van der Waals surface area contributed by atoms with Crippen LogP contribution in [0, 0.1) is 0 Å². The molecular formula is C4H9NS2. The van der Waals surface area contributed by atoms with Crippen LogP contribution in [0.4, 0.5) is 0 Å². The van der Waals surface area contributed by atoms with Crippen molar-refractivity contribution in [3.8, 4) is 0 Å². The van der Waals surface area contributed by atoms with Crippen molar-refractivity contribution < 1.29 is 0 Å². The molecule has 0 heterocycles. The van der Waals surface area contributed by atoms with Crippen LogP contribution in [0.1, 0.15) is 6.92 Å². The normalized spacial score (nSPS) is 8.43. The molecule has 0 aliphatic rings. The second kappa shape index (κ2) is 3.27. The Hall–Kier alpha value is 0.240. The molecule has 0 radical (unpaired) electrons. The molecule has 0 aromatic heterocycles. The van der Waals surface area contributed by atoms with Crippen molar-refractivity contribution in [3.63, 3.8) is 0 Å². The molecule has 0 N–H and O–H groups in total. The van der Waals surface area contributed by atoms with E-state index in [0.29, 0.717) is 4.32 Å². The third-order valence-electron chi connectivity index (χ3n) is 0.801. The minimum absolute atomic E-state index is 0.655. The largest absolute Gasteiger partial charge is 0.361 e. The highest BCUT2D eigenvalue weighted by Gasteiger charge is 1.90. The van der Waals surface area contributed by atoms with E-state index in [-0.39, 0.29) is 0 Å². The molecule has 0 fully saturated rings. The summed E-state index contributed by atoms with van der Waals surface area (Å²) in [5, 5.41) is 0. The molecule has 0 bridgehead atoms. The fraction of sp³-hybridized carbons (Fsp3) is 0.750. The Morgan fingerprint density at radius 1 is 1.86 bits per heavy atom. The van der Waals surface area contributed by atoms with E-state index in [1.54, 1.807) is 0 Å². The fourth-order valence-electron chi connectivity index (χ4n) is 0.135. The summed E-state index contributed by atoms with van der Waals surface area (Å²) in [5.41, 5.74) is 0. The highest BCUT2D eigenvalue weighted by molar-refractivity contribution is 8.10. The van der Waals surface area contributed by atoms with Gasteiger partial charge in [-0.15, -0.1) is 12.6 Å². The van der Waals surface area contributed by atoms with Gasteiger partial charge >= 0.3 is 0 Å². The molecule has 0 aliphatic carbocycles. The van der Waals surface area contributed by atoms with Crippen LogP contribution in [0.2, 0.25) is 0 Å². The number of nitrogens with zero attached hydrogens (tertiary/aromatic N) is 1. The molecule has 0 atom stereocenters. The van der Waals surface area contributed by atoms with Crippen LogP contribution in [-0.2, 0) is 0 Å². The maximum Gasteiger partial charge on any atom is 0.133 e. The van der Waals surface area contributed by atoms with Gasteiger partial charge in [0.25, 0.3) is 0 Å². The highest BCUT2D eigenvalue weighted by atomic mass is 32.1. The van der Waals surface area contributed by atoms with Crippen molar-refractivity contribution in [1.82, 2.24) is 4.90 Å². The Morgan fingerprint density at radius 2 is 2.29 bits per heavy atom. The van der Waals surface area contributed by atoms with E-state index < -0.39 is 0 Å². The predicted molar refractivity (Wildman–Crippen MR) is 39.9 cm³/mol. The molecule has 0 unspecified atom stereocenters. The number of hydrogen-bond donors (Lipinski definition) is 1. The average molecular weight is 135 g/mol. The van der Waals surface area contributed by atoms with Crippen LogP contribution in [0.5, 0.6) is 0 Å². The minimum atomic E-state index is 0.655. The first kappa shape index (κ1) is 7.24. The summed E-state index contributed by atoms with van der Waals surface area (Å²) in [6, 6.07) is 0. The molecule has 3 heteroatoms. The topological polar surface area (TPSA) is 3.24 Å². The summed E-state index contributed by atoms with van der Waals surface area (Å²) >= 11 is 8.64. The van der Waals surface area contributed by atoms with Crippen LogP contribution in [-0.4, -0.2) is 22.8 Å². The second-order valence-corrected chi connectivity index (χ2v) is 2.41. The van der Waals surface area contributed by atoms with Gasteiger partial charge < -0.3 is 4.90 Å². The summed E-state index contributed by atoms with van der Waals surface area (Å²) in [5.74, 6) is 0. The van der Waals surface area contributed by atoms with Crippen LogP contribution in [0.25, 0.3) is 0 Å². The first-order chi connectivity index (χ1) is 3.18. The molecular weight excluding hydrogens is 126 g/mol. The van der Waals surface area contributed by atoms with Gasteiger partial charge in [-0.2, -0.15) is 0 Å². The minimum Gasteiger partial charge on any atom is -0.361 e. The van der Waals surface area contributed by atoms with Gasteiger partial charge in [0.05, 0.1) is 0 Å². The molecule has 0 aliphatic heterocycles. The zero-order valence-corrected chi connectivity index (χ0v) is 6.22. The van der Waals surface area contributed by atoms with Gasteiger partial charge in [0.15, 0.2) is 0 Å². The van der Waals surface area contributed by atoms with E-state index in [4.69, 9.17) is 12.2 Å². The molecule has 0 aromatic rings. The third-order valence-corrected chi connectivity index (χ3v) is 1.45. The van der Waals surface area contributed by atoms with Crippen molar-refractivity contribution in [2.45, 2.75) is 6.92 Å². The number of hydrogen-bond acceptors (Lipinski definition) is 1. The van der Waals surface area contributed by atoms with E-state index in [1.807, 2.05) is 18.9 Å². The maximum atomic E-state index is 4.71. The summed E-state index contributed by atoms with van der Waals surface area (Å²) in [4.78, 5) is 1.89. The van der Waals surface area contributed by atoms with Crippen LogP contribution >= 0.6 is 24.8 Å². The molecule has 42 valence electrons. The monoisotopic (exact) mass is 135 g/mol. The zero-order chi connectivity index (χ0) is 5.86. The number of rotatable bonds is 1. The summed E-state index contributed by atoms with van der Waals surface area (Å²) in [6.07, 6.45) is 0. The van der Waals surface area contributed by atoms with Crippen molar-refractivity contribution in [2.24, 2.45) is 0 Å². The molecule has 1 nitrogen and oxygen atoms in total. The van der Waals surface area contributed by atoms with Crippen molar-refractivity contribution in [1.29, 1.82) is 0 Å². The van der Waals surface area contributed by atoms with Gasteiger partial charge in [-0.1, -0.05) is 12.2 Å². The van der Waals surface area contributed by atoms with Crippen molar-refractivity contribution >= 4 is 29.2 Å². The van der Waals surface area contributed by atoms with E-state index in [9.17, 15) is 0 Å². The lowest BCUT2D eigenvalue weighted by atomic mass is 10.7. The quantitative estimate of drug-likeness (QED) is 0.424. The van der Waals surface area contributed by atoms with E-state index in [0.717, 1.165) is 6.54 Å². The van der Waals surface area contributed by atoms with Crippen LogP contribution < -0.4 is 0 Å². The van der Waals surface area contributed by atoms with E-state index in [1.165, 1.54) is 0 Å². The third kappa shape index (κ3) is 2.88.